The lowest BCUT2D eigenvalue weighted by Gasteiger charge is -2.59. The van der Waals surface area contributed by atoms with Crippen molar-refractivity contribution < 1.29 is 38.1 Å². The van der Waals surface area contributed by atoms with E-state index < -0.39 is 29.2 Å². The minimum atomic E-state index is -0.843. The number of ether oxygens (including phenoxy) is 5. The molecule has 3 amide bonds. The SMILES string of the molecule is C=CCCCNC(=O)[C@@H]1C[C@H]2C(=O)N(Cc3ccc(OC)cc3)[C@@]3(CCOCOCCOC)[C@@H]2CCN(C(=O)OC(C)(C)C)[C@@H]13. The molecule has 1 N–H and O–H groups in total. The van der Waals surface area contributed by atoms with Crippen molar-refractivity contribution in [3.05, 3.63) is 42.5 Å². The van der Waals surface area contributed by atoms with Gasteiger partial charge in [0.15, 0.2) is 0 Å². The number of allylic oxidation sites excluding steroid dienone is 1. The van der Waals surface area contributed by atoms with Crippen LogP contribution in [0.3, 0.4) is 0 Å². The van der Waals surface area contributed by atoms with Crippen LogP contribution in [0.5, 0.6) is 5.75 Å². The van der Waals surface area contributed by atoms with Gasteiger partial charge in [-0.2, -0.15) is 0 Å². The molecule has 4 rings (SSSR count). The van der Waals surface area contributed by atoms with Gasteiger partial charge in [-0.1, -0.05) is 18.2 Å². The molecule has 0 radical (unpaired) electrons. The van der Waals surface area contributed by atoms with E-state index in [4.69, 9.17) is 23.7 Å². The molecule has 1 aromatic carbocycles. The van der Waals surface area contributed by atoms with Crippen molar-refractivity contribution in [3.63, 3.8) is 0 Å². The number of carbonyl (C=O) groups excluding carboxylic acids is 3. The Bertz CT molecular complexity index is 1170. The maximum absolute atomic E-state index is 14.4. The molecule has 11 nitrogen and oxygen atoms in total. The zero-order valence-corrected chi connectivity index (χ0v) is 27.5. The highest BCUT2D eigenvalue weighted by molar-refractivity contribution is 5.89. The van der Waals surface area contributed by atoms with Crippen molar-refractivity contribution >= 4 is 17.9 Å². The van der Waals surface area contributed by atoms with E-state index in [1.807, 2.05) is 56.0 Å². The third kappa shape index (κ3) is 7.81. The average Bonchev–Trinajstić information content (AvgIpc) is 3.15. The van der Waals surface area contributed by atoms with Crippen LogP contribution in [0.25, 0.3) is 0 Å². The zero-order chi connectivity index (χ0) is 32.6. The average molecular weight is 630 g/mol. The van der Waals surface area contributed by atoms with E-state index in [2.05, 4.69) is 11.9 Å². The Labute approximate surface area is 267 Å². The van der Waals surface area contributed by atoms with Crippen molar-refractivity contribution in [1.82, 2.24) is 15.1 Å². The summed E-state index contributed by atoms with van der Waals surface area (Å²) in [5.74, 6) is -0.370. The molecule has 1 aliphatic carbocycles. The summed E-state index contributed by atoms with van der Waals surface area (Å²) in [5.41, 5.74) is -0.630. The lowest BCUT2D eigenvalue weighted by molar-refractivity contribution is -0.148. The van der Waals surface area contributed by atoms with Gasteiger partial charge in [0.05, 0.1) is 44.4 Å². The Balaban J connectivity index is 1.73. The fourth-order valence-electron chi connectivity index (χ4n) is 7.40. The van der Waals surface area contributed by atoms with E-state index >= 15 is 0 Å². The molecule has 250 valence electrons. The van der Waals surface area contributed by atoms with Crippen molar-refractivity contribution in [3.8, 4) is 5.75 Å². The van der Waals surface area contributed by atoms with Crippen molar-refractivity contribution in [2.75, 3.05) is 53.9 Å². The third-order valence-corrected chi connectivity index (χ3v) is 9.23. The molecule has 45 heavy (non-hydrogen) atoms. The molecule has 2 heterocycles. The second-order valence-corrected chi connectivity index (χ2v) is 13.1. The summed E-state index contributed by atoms with van der Waals surface area (Å²) in [7, 11) is 3.23. The number of hydrogen-bond acceptors (Lipinski definition) is 8. The van der Waals surface area contributed by atoms with E-state index in [0.29, 0.717) is 52.1 Å². The smallest absolute Gasteiger partial charge is 0.410 e. The number of carbonyl (C=O) groups is 3. The number of benzene rings is 1. The van der Waals surface area contributed by atoms with Gasteiger partial charge in [0.1, 0.15) is 18.1 Å². The summed E-state index contributed by atoms with van der Waals surface area (Å²) in [5, 5.41) is 3.10. The van der Waals surface area contributed by atoms with Crippen LogP contribution in [-0.2, 0) is 35.1 Å². The standard InChI is InChI=1S/C34H51N3O8/c1-7-8-9-16-35-30(38)27-21-26-28-14-17-36(32(40)45-33(2,3)4)29(27)34(28,15-18-43-23-44-20-19-41-5)37(31(26)39)22-24-10-12-25(42-6)13-11-24/h7,10-13,26-29H,1,8-9,14-23H2,2-6H3,(H,35,38)/t26-,27-,28-,29+,34+/m1/s1. The van der Waals surface area contributed by atoms with Gasteiger partial charge in [0.2, 0.25) is 11.8 Å². The Morgan fingerprint density at radius 2 is 1.84 bits per heavy atom. The Hall–Kier alpha value is -3.15. The van der Waals surface area contributed by atoms with Gasteiger partial charge < -0.3 is 38.8 Å². The number of unbranched alkanes of at least 4 members (excludes halogenated alkanes) is 1. The lowest BCUT2D eigenvalue weighted by atomic mass is 9.58. The molecular formula is C34H51N3O8. The van der Waals surface area contributed by atoms with Gasteiger partial charge in [-0.3, -0.25) is 9.59 Å². The Morgan fingerprint density at radius 3 is 2.51 bits per heavy atom. The topological polar surface area (TPSA) is 116 Å². The monoisotopic (exact) mass is 629 g/mol. The minimum absolute atomic E-state index is 0.0187. The minimum Gasteiger partial charge on any atom is -0.497 e. The summed E-state index contributed by atoms with van der Waals surface area (Å²) in [4.78, 5) is 45.9. The van der Waals surface area contributed by atoms with Crippen LogP contribution < -0.4 is 10.1 Å². The summed E-state index contributed by atoms with van der Waals surface area (Å²) in [6.07, 6.45) is 4.34. The van der Waals surface area contributed by atoms with Crippen LogP contribution in [-0.4, -0.2) is 98.8 Å². The number of nitrogens with one attached hydrogen (secondary N) is 1. The molecule has 0 aromatic heterocycles. The van der Waals surface area contributed by atoms with E-state index in [-0.39, 0.29) is 37.0 Å². The van der Waals surface area contributed by atoms with Gasteiger partial charge in [0, 0.05) is 32.7 Å². The number of methoxy groups -OCH3 is 2. The van der Waals surface area contributed by atoms with E-state index in [1.165, 1.54) is 0 Å². The molecule has 2 aliphatic heterocycles. The molecule has 4 bridgehead atoms. The van der Waals surface area contributed by atoms with Gasteiger partial charge in [-0.15, -0.1) is 6.58 Å². The molecule has 5 atom stereocenters. The Kier molecular flexibility index (Phi) is 11.9. The van der Waals surface area contributed by atoms with Gasteiger partial charge >= 0.3 is 6.09 Å². The summed E-state index contributed by atoms with van der Waals surface area (Å²) in [6, 6.07) is 7.07. The first-order valence-corrected chi connectivity index (χ1v) is 16.0. The maximum Gasteiger partial charge on any atom is 0.410 e. The molecule has 0 spiro atoms. The maximum atomic E-state index is 14.4. The summed E-state index contributed by atoms with van der Waals surface area (Å²) in [6.45, 7) is 11.7. The number of rotatable bonds is 16. The fraction of sp³-hybridized carbons (Fsp3) is 0.676. The number of hydrogen-bond donors (Lipinski definition) is 1. The predicted octanol–water partition coefficient (Wildman–Crippen LogP) is 4.15. The fourth-order valence-corrected chi connectivity index (χ4v) is 7.40. The van der Waals surface area contributed by atoms with E-state index in [9.17, 15) is 14.4 Å². The van der Waals surface area contributed by atoms with E-state index in [1.54, 1.807) is 19.1 Å². The molecule has 3 aliphatic rings. The van der Waals surface area contributed by atoms with Crippen LogP contribution in [0.1, 0.15) is 58.4 Å². The molecular weight excluding hydrogens is 578 g/mol. The molecule has 11 heteroatoms. The van der Waals surface area contributed by atoms with E-state index in [0.717, 1.165) is 24.2 Å². The lowest BCUT2D eigenvalue weighted by Crippen LogP contribution is -2.72. The van der Waals surface area contributed by atoms with Crippen LogP contribution in [0, 0.1) is 17.8 Å². The summed E-state index contributed by atoms with van der Waals surface area (Å²) >= 11 is 0. The number of amides is 3. The molecule has 1 aromatic rings. The first-order chi connectivity index (χ1) is 21.6. The molecule has 2 saturated heterocycles. The predicted molar refractivity (Wildman–Crippen MR) is 168 cm³/mol. The molecule has 3 fully saturated rings. The normalized spacial score (nSPS) is 25.7. The first-order valence-electron chi connectivity index (χ1n) is 16.0. The molecule has 1 saturated carbocycles. The van der Waals surface area contributed by atoms with Crippen molar-refractivity contribution in [1.29, 1.82) is 0 Å². The third-order valence-electron chi connectivity index (χ3n) is 9.23. The zero-order valence-electron chi connectivity index (χ0n) is 27.5. The van der Waals surface area contributed by atoms with Gasteiger partial charge in [-0.25, -0.2) is 4.79 Å². The van der Waals surface area contributed by atoms with Gasteiger partial charge in [0.25, 0.3) is 0 Å². The highest BCUT2D eigenvalue weighted by atomic mass is 16.7. The number of likely N-dealkylation sites (tertiary alicyclic amines) is 2. The number of piperidine rings is 1. The highest BCUT2D eigenvalue weighted by Crippen LogP contribution is 2.58. The van der Waals surface area contributed by atoms with Crippen molar-refractivity contribution in [2.24, 2.45) is 17.8 Å². The second-order valence-electron chi connectivity index (χ2n) is 13.1. The van der Waals surface area contributed by atoms with Crippen LogP contribution >= 0.6 is 0 Å². The quantitative estimate of drug-likeness (QED) is 0.165. The molecule has 0 unspecified atom stereocenters. The largest absolute Gasteiger partial charge is 0.497 e. The second kappa shape index (κ2) is 15.4. The van der Waals surface area contributed by atoms with Crippen LogP contribution in [0.2, 0.25) is 0 Å². The van der Waals surface area contributed by atoms with Crippen LogP contribution in [0.4, 0.5) is 4.79 Å². The van der Waals surface area contributed by atoms with Crippen LogP contribution in [0.15, 0.2) is 36.9 Å². The van der Waals surface area contributed by atoms with Crippen molar-refractivity contribution in [2.45, 2.75) is 76.6 Å². The first kappa shape index (κ1) is 34.7. The number of nitrogens with zero attached hydrogens (tertiary/aromatic N) is 2. The summed E-state index contributed by atoms with van der Waals surface area (Å²) < 4.78 is 27.8. The highest BCUT2D eigenvalue weighted by Gasteiger charge is 2.70. The Morgan fingerprint density at radius 1 is 1.11 bits per heavy atom. The van der Waals surface area contributed by atoms with Gasteiger partial charge in [-0.05, 0) is 76.5 Å².